The standard InChI is InChI=1S/C26H40N6O3/c1-18-14-19(15-20-17-27-29-23(18)20)16-22(28-25(34)35-26(2,3)4)24(33)32-12-10-31(11-13-32)21-6-8-30(5)9-7-21/h14-15,17,21-22H,6-13,16H2,1-5H3,(H,27,29)(H,28,34)/t22-/m1/s1. The number of carbonyl (C=O) groups excluding carboxylic acids is 2. The van der Waals surface area contributed by atoms with Crippen molar-refractivity contribution in [2.45, 2.75) is 64.6 Å². The van der Waals surface area contributed by atoms with E-state index in [2.05, 4.69) is 38.4 Å². The van der Waals surface area contributed by atoms with E-state index in [1.807, 2.05) is 38.7 Å². The summed E-state index contributed by atoms with van der Waals surface area (Å²) in [5, 5.41) is 11.0. The van der Waals surface area contributed by atoms with Gasteiger partial charge in [-0.05, 0) is 77.9 Å². The van der Waals surface area contributed by atoms with Gasteiger partial charge in [-0.3, -0.25) is 14.8 Å². The van der Waals surface area contributed by atoms with E-state index in [0.29, 0.717) is 25.6 Å². The maximum Gasteiger partial charge on any atom is 0.408 e. The smallest absolute Gasteiger partial charge is 0.408 e. The number of ether oxygens (including phenoxy) is 1. The SMILES string of the molecule is Cc1cc(C[C@@H](NC(=O)OC(C)(C)C)C(=O)N2CCN(C3CCN(C)CC3)CC2)cc2cn[nH]c12. The fraction of sp³-hybridized carbons (Fsp3) is 0.654. The van der Waals surface area contributed by atoms with Crippen LogP contribution in [0.4, 0.5) is 4.79 Å². The van der Waals surface area contributed by atoms with E-state index >= 15 is 0 Å². The van der Waals surface area contributed by atoms with Crippen molar-refractivity contribution >= 4 is 22.9 Å². The molecule has 192 valence electrons. The highest BCUT2D eigenvalue weighted by molar-refractivity contribution is 5.87. The predicted octanol–water partition coefficient (Wildman–Crippen LogP) is 2.55. The van der Waals surface area contributed by atoms with Gasteiger partial charge >= 0.3 is 6.09 Å². The molecule has 0 radical (unpaired) electrons. The zero-order chi connectivity index (χ0) is 25.2. The lowest BCUT2D eigenvalue weighted by atomic mass is 10.00. The molecule has 0 aliphatic carbocycles. The third-order valence-corrected chi connectivity index (χ3v) is 7.07. The lowest BCUT2D eigenvalue weighted by Crippen LogP contribution is -2.58. The van der Waals surface area contributed by atoms with Gasteiger partial charge in [0.1, 0.15) is 11.6 Å². The summed E-state index contributed by atoms with van der Waals surface area (Å²) in [7, 11) is 2.18. The first-order valence-corrected chi connectivity index (χ1v) is 12.7. The number of hydrogen-bond donors (Lipinski definition) is 2. The summed E-state index contributed by atoms with van der Waals surface area (Å²) in [6.07, 6.45) is 3.98. The Morgan fingerprint density at radius 2 is 1.83 bits per heavy atom. The van der Waals surface area contributed by atoms with E-state index in [4.69, 9.17) is 4.74 Å². The molecule has 1 aromatic carbocycles. The number of rotatable bonds is 5. The van der Waals surface area contributed by atoms with Gasteiger partial charge in [-0.2, -0.15) is 5.10 Å². The number of aromatic amines is 1. The molecule has 2 aliphatic rings. The molecule has 35 heavy (non-hydrogen) atoms. The largest absolute Gasteiger partial charge is 0.444 e. The number of fused-ring (bicyclic) bond motifs is 1. The minimum absolute atomic E-state index is 0.0520. The van der Waals surface area contributed by atoms with E-state index in [0.717, 1.165) is 48.2 Å². The molecule has 9 heteroatoms. The molecule has 2 amide bonds. The third-order valence-electron chi connectivity index (χ3n) is 7.07. The second-order valence-corrected chi connectivity index (χ2v) is 11.0. The fourth-order valence-corrected chi connectivity index (χ4v) is 5.20. The van der Waals surface area contributed by atoms with Gasteiger partial charge in [0.05, 0.1) is 11.7 Å². The Morgan fingerprint density at radius 1 is 1.14 bits per heavy atom. The first kappa shape index (κ1) is 25.4. The van der Waals surface area contributed by atoms with Gasteiger partial charge in [0.25, 0.3) is 0 Å². The first-order valence-electron chi connectivity index (χ1n) is 12.7. The molecule has 1 aromatic heterocycles. The van der Waals surface area contributed by atoms with Gasteiger partial charge < -0.3 is 19.9 Å². The van der Waals surface area contributed by atoms with E-state index < -0.39 is 17.7 Å². The summed E-state index contributed by atoms with van der Waals surface area (Å²) in [6.45, 7) is 12.8. The average Bonchev–Trinajstić information content (AvgIpc) is 3.27. The van der Waals surface area contributed by atoms with Crippen molar-refractivity contribution in [3.63, 3.8) is 0 Å². The number of piperazine rings is 1. The van der Waals surface area contributed by atoms with Gasteiger partial charge in [0, 0.05) is 44.0 Å². The van der Waals surface area contributed by atoms with Crippen LogP contribution in [-0.2, 0) is 16.0 Å². The predicted molar refractivity (Wildman–Crippen MR) is 136 cm³/mol. The Balaban J connectivity index is 1.44. The van der Waals surface area contributed by atoms with Crippen LogP contribution in [0.1, 0.15) is 44.7 Å². The van der Waals surface area contributed by atoms with Crippen molar-refractivity contribution in [1.29, 1.82) is 0 Å². The maximum absolute atomic E-state index is 13.6. The minimum atomic E-state index is -0.691. The van der Waals surface area contributed by atoms with E-state index in [-0.39, 0.29) is 5.91 Å². The van der Waals surface area contributed by atoms with Crippen LogP contribution in [0.15, 0.2) is 18.3 Å². The summed E-state index contributed by atoms with van der Waals surface area (Å²) < 4.78 is 5.48. The number of H-pyrrole nitrogens is 1. The second kappa shape index (κ2) is 10.5. The van der Waals surface area contributed by atoms with E-state index in [9.17, 15) is 9.59 Å². The van der Waals surface area contributed by atoms with Crippen molar-refractivity contribution in [3.8, 4) is 0 Å². The van der Waals surface area contributed by atoms with Crippen LogP contribution >= 0.6 is 0 Å². The van der Waals surface area contributed by atoms with Crippen LogP contribution in [-0.4, -0.2) is 101 Å². The third kappa shape index (κ3) is 6.52. The number of likely N-dealkylation sites (tertiary alicyclic amines) is 1. The Kier molecular flexibility index (Phi) is 7.66. The van der Waals surface area contributed by atoms with Crippen molar-refractivity contribution in [3.05, 3.63) is 29.5 Å². The second-order valence-electron chi connectivity index (χ2n) is 11.0. The average molecular weight is 485 g/mol. The molecule has 2 saturated heterocycles. The van der Waals surface area contributed by atoms with Crippen LogP contribution in [0, 0.1) is 6.92 Å². The van der Waals surface area contributed by atoms with Crippen LogP contribution in [0.25, 0.3) is 10.9 Å². The molecule has 4 rings (SSSR count). The molecule has 9 nitrogen and oxygen atoms in total. The maximum atomic E-state index is 13.6. The van der Waals surface area contributed by atoms with Crippen molar-refractivity contribution < 1.29 is 14.3 Å². The molecular formula is C26H40N6O3. The molecule has 2 N–H and O–H groups in total. The number of hydrogen-bond acceptors (Lipinski definition) is 6. The van der Waals surface area contributed by atoms with Crippen LogP contribution < -0.4 is 5.32 Å². The molecule has 0 saturated carbocycles. The first-order chi connectivity index (χ1) is 16.6. The number of piperidine rings is 1. The molecule has 3 heterocycles. The van der Waals surface area contributed by atoms with E-state index in [1.165, 1.54) is 12.8 Å². The Bertz CT molecular complexity index is 1030. The zero-order valence-electron chi connectivity index (χ0n) is 21.8. The normalized spacial score (nSPS) is 19.6. The number of aryl methyl sites for hydroxylation is 1. The summed E-state index contributed by atoms with van der Waals surface area (Å²) in [5.74, 6) is -0.0520. The highest BCUT2D eigenvalue weighted by atomic mass is 16.6. The molecule has 1 atom stereocenters. The Morgan fingerprint density at radius 3 is 2.49 bits per heavy atom. The van der Waals surface area contributed by atoms with Gasteiger partial charge in [0.2, 0.25) is 5.91 Å². The lowest BCUT2D eigenvalue weighted by molar-refractivity contribution is -0.135. The van der Waals surface area contributed by atoms with Crippen LogP contribution in [0.3, 0.4) is 0 Å². The van der Waals surface area contributed by atoms with Gasteiger partial charge in [0.15, 0.2) is 0 Å². The number of carbonyl (C=O) groups is 2. The summed E-state index contributed by atoms with van der Waals surface area (Å²) in [5.41, 5.74) is 2.40. The number of alkyl carbamates (subject to hydrolysis) is 1. The summed E-state index contributed by atoms with van der Waals surface area (Å²) >= 11 is 0. The van der Waals surface area contributed by atoms with Crippen molar-refractivity contribution in [2.24, 2.45) is 0 Å². The molecule has 2 aliphatic heterocycles. The van der Waals surface area contributed by atoms with Crippen LogP contribution in [0.5, 0.6) is 0 Å². The molecular weight excluding hydrogens is 444 g/mol. The van der Waals surface area contributed by atoms with Crippen molar-refractivity contribution in [2.75, 3.05) is 46.3 Å². The zero-order valence-corrected chi connectivity index (χ0v) is 21.8. The number of benzene rings is 1. The molecule has 2 aromatic rings. The van der Waals surface area contributed by atoms with E-state index in [1.54, 1.807) is 6.20 Å². The number of aromatic nitrogens is 2. The Labute approximate surface area is 208 Å². The quantitative estimate of drug-likeness (QED) is 0.678. The molecule has 2 fully saturated rings. The lowest BCUT2D eigenvalue weighted by Gasteiger charge is -2.42. The summed E-state index contributed by atoms with van der Waals surface area (Å²) in [4.78, 5) is 33.1. The van der Waals surface area contributed by atoms with Gasteiger partial charge in [-0.25, -0.2) is 4.79 Å². The molecule has 0 spiro atoms. The minimum Gasteiger partial charge on any atom is -0.444 e. The number of nitrogens with one attached hydrogen (secondary N) is 2. The van der Waals surface area contributed by atoms with Crippen LogP contribution in [0.2, 0.25) is 0 Å². The van der Waals surface area contributed by atoms with Gasteiger partial charge in [-0.1, -0.05) is 6.07 Å². The number of amides is 2. The highest BCUT2D eigenvalue weighted by Crippen LogP contribution is 2.21. The highest BCUT2D eigenvalue weighted by Gasteiger charge is 2.32. The molecule has 0 unspecified atom stereocenters. The summed E-state index contributed by atoms with van der Waals surface area (Å²) in [6, 6.07) is 3.99. The monoisotopic (exact) mass is 484 g/mol. The topological polar surface area (TPSA) is 93.8 Å². The Hall–Kier alpha value is -2.65. The fourth-order valence-electron chi connectivity index (χ4n) is 5.20. The van der Waals surface area contributed by atoms with Gasteiger partial charge in [-0.15, -0.1) is 0 Å². The molecule has 0 bridgehead atoms. The number of nitrogens with zero attached hydrogens (tertiary/aromatic N) is 4. The van der Waals surface area contributed by atoms with Crippen molar-refractivity contribution in [1.82, 2.24) is 30.2 Å².